The predicted octanol–water partition coefficient (Wildman–Crippen LogP) is 2.75. The second-order valence-corrected chi connectivity index (χ2v) is 6.00. The highest BCUT2D eigenvalue weighted by Crippen LogP contribution is 2.19. The summed E-state index contributed by atoms with van der Waals surface area (Å²) in [5, 5.41) is 11.8. The Labute approximate surface area is 125 Å². The van der Waals surface area contributed by atoms with Gasteiger partial charge in [-0.1, -0.05) is 27.7 Å². The molecule has 5 heteroatoms. The number of carboxylic acid groups (broad SMARTS) is 1. The number of nitrogens with zero attached hydrogens (tertiary/aromatic N) is 1. The lowest BCUT2D eigenvalue weighted by atomic mass is 9.85. The minimum absolute atomic E-state index is 0.119. The Kier molecular flexibility index (Phi) is 5.88. The molecule has 21 heavy (non-hydrogen) atoms. The summed E-state index contributed by atoms with van der Waals surface area (Å²) in [7, 11) is 0. The molecule has 0 aliphatic heterocycles. The van der Waals surface area contributed by atoms with E-state index in [-0.39, 0.29) is 17.2 Å². The van der Waals surface area contributed by atoms with E-state index in [1.807, 2.05) is 0 Å². The maximum absolute atomic E-state index is 12.1. The van der Waals surface area contributed by atoms with E-state index in [0.29, 0.717) is 30.0 Å². The van der Waals surface area contributed by atoms with E-state index in [0.717, 1.165) is 0 Å². The minimum atomic E-state index is -1.04. The highest BCUT2D eigenvalue weighted by Gasteiger charge is 2.19. The Morgan fingerprint density at radius 2 is 1.76 bits per heavy atom. The Bertz CT molecular complexity index is 516. The molecule has 0 atom stereocenters. The number of amides is 1. The average Bonchev–Trinajstić information content (AvgIpc) is 2.37. The predicted molar refractivity (Wildman–Crippen MR) is 81.4 cm³/mol. The van der Waals surface area contributed by atoms with Crippen molar-refractivity contribution in [1.29, 1.82) is 0 Å². The van der Waals surface area contributed by atoms with Gasteiger partial charge in [0.05, 0.1) is 11.3 Å². The third-order valence-electron chi connectivity index (χ3n) is 3.76. The third-order valence-corrected chi connectivity index (χ3v) is 3.76. The van der Waals surface area contributed by atoms with Crippen LogP contribution >= 0.6 is 0 Å². The summed E-state index contributed by atoms with van der Waals surface area (Å²) in [6, 6.07) is 2.87. The van der Waals surface area contributed by atoms with Gasteiger partial charge < -0.3 is 10.4 Å². The molecule has 0 fully saturated rings. The van der Waals surface area contributed by atoms with Crippen molar-refractivity contribution in [3.8, 4) is 0 Å². The number of carboxylic acids is 1. The molecule has 1 heterocycles. The number of aryl methyl sites for hydroxylation is 1. The maximum atomic E-state index is 12.1. The number of rotatable bonds is 6. The zero-order valence-corrected chi connectivity index (χ0v) is 13.3. The van der Waals surface area contributed by atoms with E-state index >= 15 is 0 Å². The highest BCUT2D eigenvalue weighted by atomic mass is 16.4. The molecular formula is C16H24N2O3. The first kappa shape index (κ1) is 17.1. The second-order valence-electron chi connectivity index (χ2n) is 6.00. The van der Waals surface area contributed by atoms with Gasteiger partial charge in [0.15, 0.2) is 0 Å². The van der Waals surface area contributed by atoms with Gasteiger partial charge in [0.2, 0.25) is 0 Å². The molecule has 0 saturated carbocycles. The maximum Gasteiger partial charge on any atom is 0.337 e. The number of carbonyl (C=O) groups excluding carboxylic acids is 1. The lowest BCUT2D eigenvalue weighted by molar-refractivity contribution is 0.0694. The van der Waals surface area contributed by atoms with E-state index in [1.54, 1.807) is 6.92 Å². The van der Waals surface area contributed by atoms with Gasteiger partial charge in [-0.15, -0.1) is 0 Å². The van der Waals surface area contributed by atoms with Crippen molar-refractivity contribution in [2.75, 3.05) is 6.54 Å². The lowest BCUT2D eigenvalue weighted by Crippen LogP contribution is -2.34. The van der Waals surface area contributed by atoms with Crippen molar-refractivity contribution in [2.24, 2.45) is 17.8 Å². The van der Waals surface area contributed by atoms with Gasteiger partial charge in [-0.05, 0) is 36.8 Å². The number of pyridine rings is 1. The number of aromatic nitrogens is 1. The molecule has 0 aliphatic rings. The van der Waals surface area contributed by atoms with Crippen LogP contribution in [0.2, 0.25) is 0 Å². The molecule has 0 aromatic carbocycles. The number of carbonyl (C=O) groups is 2. The largest absolute Gasteiger partial charge is 0.478 e. The van der Waals surface area contributed by atoms with E-state index in [9.17, 15) is 9.59 Å². The Balaban J connectivity index is 2.76. The molecule has 0 saturated heterocycles. The van der Waals surface area contributed by atoms with Crippen molar-refractivity contribution >= 4 is 11.9 Å². The molecule has 116 valence electrons. The summed E-state index contributed by atoms with van der Waals surface area (Å²) >= 11 is 0. The summed E-state index contributed by atoms with van der Waals surface area (Å²) < 4.78 is 0. The van der Waals surface area contributed by atoms with Crippen LogP contribution in [0, 0.1) is 24.7 Å². The first-order valence-corrected chi connectivity index (χ1v) is 7.23. The monoisotopic (exact) mass is 292 g/mol. The molecule has 0 aliphatic carbocycles. The zero-order valence-electron chi connectivity index (χ0n) is 13.3. The fraction of sp³-hybridized carbons (Fsp3) is 0.562. The number of aromatic carboxylic acids is 1. The average molecular weight is 292 g/mol. The van der Waals surface area contributed by atoms with Gasteiger partial charge >= 0.3 is 5.97 Å². The number of hydrogen-bond acceptors (Lipinski definition) is 3. The van der Waals surface area contributed by atoms with E-state index in [4.69, 9.17) is 5.11 Å². The molecule has 1 rings (SSSR count). The van der Waals surface area contributed by atoms with Crippen molar-refractivity contribution in [1.82, 2.24) is 10.3 Å². The van der Waals surface area contributed by atoms with Gasteiger partial charge in [0.25, 0.3) is 5.91 Å². The highest BCUT2D eigenvalue weighted by molar-refractivity contribution is 5.94. The van der Waals surface area contributed by atoms with E-state index in [2.05, 4.69) is 38.0 Å². The summed E-state index contributed by atoms with van der Waals surface area (Å²) in [5.74, 6) is 0.0603. The molecule has 5 nitrogen and oxygen atoms in total. The summed E-state index contributed by atoms with van der Waals surface area (Å²) in [5.41, 5.74) is 0.719. The van der Waals surface area contributed by atoms with Crippen molar-refractivity contribution < 1.29 is 14.7 Å². The van der Waals surface area contributed by atoms with Crippen LogP contribution in [0.1, 0.15) is 54.2 Å². The van der Waals surface area contributed by atoms with Crippen LogP contribution in [0.3, 0.4) is 0 Å². The number of nitrogens with one attached hydrogen (secondary N) is 1. The fourth-order valence-corrected chi connectivity index (χ4v) is 2.46. The Morgan fingerprint density at radius 3 is 2.19 bits per heavy atom. The fourth-order valence-electron chi connectivity index (χ4n) is 2.46. The molecular weight excluding hydrogens is 268 g/mol. The molecule has 1 aromatic heterocycles. The molecule has 0 spiro atoms. The van der Waals surface area contributed by atoms with Gasteiger partial charge in [0.1, 0.15) is 5.69 Å². The van der Waals surface area contributed by atoms with Crippen LogP contribution in [0.5, 0.6) is 0 Å². The molecule has 1 aromatic rings. The summed E-state index contributed by atoms with van der Waals surface area (Å²) in [6.45, 7) is 10.7. The summed E-state index contributed by atoms with van der Waals surface area (Å²) in [6.07, 6.45) is 0. The van der Waals surface area contributed by atoms with Gasteiger partial charge in [-0.2, -0.15) is 0 Å². The van der Waals surface area contributed by atoms with E-state index in [1.165, 1.54) is 12.1 Å². The molecule has 1 amide bonds. The second kappa shape index (κ2) is 7.20. The van der Waals surface area contributed by atoms with Crippen molar-refractivity contribution in [3.63, 3.8) is 0 Å². The van der Waals surface area contributed by atoms with E-state index < -0.39 is 5.97 Å². The van der Waals surface area contributed by atoms with Crippen LogP contribution in [0.25, 0.3) is 0 Å². The smallest absolute Gasteiger partial charge is 0.337 e. The van der Waals surface area contributed by atoms with Gasteiger partial charge in [-0.25, -0.2) is 9.78 Å². The quantitative estimate of drug-likeness (QED) is 0.845. The normalized spacial score (nSPS) is 11.2. The topological polar surface area (TPSA) is 79.3 Å². The summed E-state index contributed by atoms with van der Waals surface area (Å²) in [4.78, 5) is 27.1. The number of hydrogen-bond donors (Lipinski definition) is 2. The Hall–Kier alpha value is -1.91. The lowest BCUT2D eigenvalue weighted by Gasteiger charge is -2.25. The first-order chi connectivity index (χ1) is 9.73. The molecule has 0 bridgehead atoms. The van der Waals surface area contributed by atoms with Gasteiger partial charge in [-0.3, -0.25) is 4.79 Å². The van der Waals surface area contributed by atoms with Crippen LogP contribution < -0.4 is 5.32 Å². The van der Waals surface area contributed by atoms with Crippen molar-refractivity contribution in [2.45, 2.75) is 34.6 Å². The Morgan fingerprint density at radius 1 is 1.19 bits per heavy atom. The SMILES string of the molecule is Cc1nc(C(=O)NCC(C(C)C)C(C)C)ccc1C(=O)O. The first-order valence-electron chi connectivity index (χ1n) is 7.23. The van der Waals surface area contributed by atoms with Gasteiger partial charge in [0, 0.05) is 6.54 Å². The standard InChI is InChI=1S/C16H24N2O3/c1-9(2)13(10(3)4)8-17-15(19)14-7-6-12(16(20)21)11(5)18-14/h6-7,9-10,13H,8H2,1-5H3,(H,17,19)(H,20,21). The third kappa shape index (κ3) is 4.55. The molecule has 2 N–H and O–H groups in total. The molecule has 0 radical (unpaired) electrons. The van der Waals surface area contributed by atoms with Crippen LogP contribution in [-0.2, 0) is 0 Å². The van der Waals surface area contributed by atoms with Crippen LogP contribution in [0.15, 0.2) is 12.1 Å². The van der Waals surface area contributed by atoms with Crippen molar-refractivity contribution in [3.05, 3.63) is 29.1 Å². The van der Waals surface area contributed by atoms with Crippen LogP contribution in [-0.4, -0.2) is 28.5 Å². The molecule has 0 unspecified atom stereocenters. The zero-order chi connectivity index (χ0) is 16.2. The minimum Gasteiger partial charge on any atom is -0.478 e. The van der Waals surface area contributed by atoms with Crippen LogP contribution in [0.4, 0.5) is 0 Å².